The van der Waals surface area contributed by atoms with Gasteiger partial charge in [-0.3, -0.25) is 9.36 Å². The van der Waals surface area contributed by atoms with Crippen molar-refractivity contribution in [1.82, 2.24) is 14.5 Å². The highest BCUT2D eigenvalue weighted by atomic mass is 19.4. The van der Waals surface area contributed by atoms with E-state index in [1.165, 1.54) is 18.3 Å². The summed E-state index contributed by atoms with van der Waals surface area (Å²) < 4.78 is 39.6. The SMILES string of the molecule is Cc1nc2ncccc2c(=O)n1-c1cccc(C(F)(F)F)c1. The van der Waals surface area contributed by atoms with Crippen LogP contribution >= 0.6 is 0 Å². The molecule has 4 nitrogen and oxygen atoms in total. The summed E-state index contributed by atoms with van der Waals surface area (Å²) in [4.78, 5) is 20.7. The van der Waals surface area contributed by atoms with E-state index in [1.54, 1.807) is 19.1 Å². The van der Waals surface area contributed by atoms with E-state index < -0.39 is 17.3 Å². The molecule has 0 saturated carbocycles. The summed E-state index contributed by atoms with van der Waals surface area (Å²) in [6, 6.07) is 7.71. The van der Waals surface area contributed by atoms with Crippen LogP contribution in [0.4, 0.5) is 13.2 Å². The molecule has 2 aromatic heterocycles. The molecule has 0 unspecified atom stereocenters. The second-order valence-electron chi connectivity index (χ2n) is 4.72. The van der Waals surface area contributed by atoms with Crippen LogP contribution in [0.1, 0.15) is 11.4 Å². The monoisotopic (exact) mass is 305 g/mol. The Labute approximate surface area is 122 Å². The molecule has 0 fully saturated rings. The highest BCUT2D eigenvalue weighted by Gasteiger charge is 2.30. The van der Waals surface area contributed by atoms with Gasteiger partial charge in [-0.2, -0.15) is 13.2 Å². The lowest BCUT2D eigenvalue weighted by Gasteiger charge is -2.13. The van der Waals surface area contributed by atoms with Crippen LogP contribution in [-0.2, 0) is 6.18 Å². The number of alkyl halides is 3. The molecule has 7 heteroatoms. The van der Waals surface area contributed by atoms with Crippen LogP contribution in [0.25, 0.3) is 16.7 Å². The summed E-state index contributed by atoms with van der Waals surface area (Å²) in [5.41, 5.74) is -0.874. The van der Waals surface area contributed by atoms with Gasteiger partial charge in [0.1, 0.15) is 5.82 Å². The fourth-order valence-electron chi connectivity index (χ4n) is 2.25. The number of nitrogens with zero attached hydrogens (tertiary/aromatic N) is 3. The standard InChI is InChI=1S/C15H10F3N3O/c1-9-20-13-12(6-3-7-19-13)14(22)21(9)11-5-2-4-10(8-11)15(16,17)18/h2-8H,1H3. The molecule has 0 aliphatic carbocycles. The van der Waals surface area contributed by atoms with Gasteiger partial charge in [-0.1, -0.05) is 6.07 Å². The van der Waals surface area contributed by atoms with Crippen molar-refractivity contribution in [3.63, 3.8) is 0 Å². The van der Waals surface area contributed by atoms with Gasteiger partial charge in [-0.25, -0.2) is 9.97 Å². The summed E-state index contributed by atoms with van der Waals surface area (Å²) in [6.07, 6.45) is -2.97. The Morgan fingerprint density at radius 2 is 1.91 bits per heavy atom. The first-order valence-corrected chi connectivity index (χ1v) is 6.40. The van der Waals surface area contributed by atoms with Crippen LogP contribution in [0.2, 0.25) is 0 Å². The third-order valence-corrected chi connectivity index (χ3v) is 3.24. The van der Waals surface area contributed by atoms with Crippen molar-refractivity contribution < 1.29 is 13.2 Å². The second-order valence-corrected chi connectivity index (χ2v) is 4.72. The fourth-order valence-corrected chi connectivity index (χ4v) is 2.25. The molecule has 0 saturated heterocycles. The maximum absolute atomic E-state index is 12.8. The molecule has 0 spiro atoms. The van der Waals surface area contributed by atoms with Crippen LogP contribution in [-0.4, -0.2) is 14.5 Å². The Kier molecular flexibility index (Phi) is 3.20. The first-order chi connectivity index (χ1) is 10.4. The topological polar surface area (TPSA) is 47.8 Å². The van der Waals surface area contributed by atoms with Crippen LogP contribution < -0.4 is 5.56 Å². The van der Waals surface area contributed by atoms with E-state index in [1.807, 2.05) is 0 Å². The molecule has 112 valence electrons. The van der Waals surface area contributed by atoms with Crippen LogP contribution in [0, 0.1) is 6.92 Å². The van der Waals surface area contributed by atoms with Crippen LogP contribution in [0.5, 0.6) is 0 Å². The van der Waals surface area contributed by atoms with Crippen molar-refractivity contribution in [3.05, 3.63) is 64.3 Å². The molecular weight excluding hydrogens is 295 g/mol. The van der Waals surface area contributed by atoms with E-state index in [0.29, 0.717) is 0 Å². The molecule has 2 heterocycles. The third-order valence-electron chi connectivity index (χ3n) is 3.24. The van der Waals surface area contributed by atoms with Crippen molar-refractivity contribution in [2.75, 3.05) is 0 Å². The highest BCUT2D eigenvalue weighted by Crippen LogP contribution is 2.30. The largest absolute Gasteiger partial charge is 0.416 e. The predicted molar refractivity (Wildman–Crippen MR) is 74.9 cm³/mol. The van der Waals surface area contributed by atoms with Gasteiger partial charge in [-0.15, -0.1) is 0 Å². The highest BCUT2D eigenvalue weighted by molar-refractivity contribution is 5.73. The summed E-state index contributed by atoms with van der Waals surface area (Å²) in [5, 5.41) is 0.255. The molecule has 0 radical (unpaired) electrons. The number of halogens is 3. The van der Waals surface area contributed by atoms with E-state index >= 15 is 0 Å². The molecule has 0 aliphatic heterocycles. The van der Waals surface area contributed by atoms with E-state index in [-0.39, 0.29) is 22.5 Å². The second kappa shape index (κ2) is 4.94. The van der Waals surface area contributed by atoms with Gasteiger partial charge < -0.3 is 0 Å². The Morgan fingerprint density at radius 1 is 1.14 bits per heavy atom. The number of fused-ring (bicyclic) bond motifs is 1. The smallest absolute Gasteiger partial charge is 0.268 e. The third kappa shape index (κ3) is 2.34. The van der Waals surface area contributed by atoms with E-state index in [2.05, 4.69) is 9.97 Å². The predicted octanol–water partition coefficient (Wildman–Crippen LogP) is 3.11. The summed E-state index contributed by atoms with van der Waals surface area (Å²) >= 11 is 0. The average Bonchev–Trinajstić information content (AvgIpc) is 2.47. The minimum atomic E-state index is -4.47. The molecule has 0 atom stereocenters. The van der Waals surface area contributed by atoms with Crippen molar-refractivity contribution >= 4 is 11.0 Å². The molecule has 0 amide bonds. The van der Waals surface area contributed by atoms with E-state index in [4.69, 9.17) is 0 Å². The van der Waals surface area contributed by atoms with Crippen LogP contribution in [0.15, 0.2) is 47.4 Å². The molecule has 1 aromatic carbocycles. The van der Waals surface area contributed by atoms with Crippen molar-refractivity contribution in [1.29, 1.82) is 0 Å². The zero-order chi connectivity index (χ0) is 15.9. The number of hydrogen-bond donors (Lipinski definition) is 0. The maximum Gasteiger partial charge on any atom is 0.416 e. The first-order valence-electron chi connectivity index (χ1n) is 6.40. The van der Waals surface area contributed by atoms with Crippen LogP contribution in [0.3, 0.4) is 0 Å². The van der Waals surface area contributed by atoms with Gasteiger partial charge in [0.15, 0.2) is 5.65 Å². The summed E-state index contributed by atoms with van der Waals surface area (Å²) in [5.74, 6) is 0.274. The lowest BCUT2D eigenvalue weighted by molar-refractivity contribution is -0.137. The number of pyridine rings is 1. The number of aryl methyl sites for hydroxylation is 1. The number of rotatable bonds is 1. The van der Waals surface area contributed by atoms with Gasteiger partial charge in [0.25, 0.3) is 5.56 Å². The lowest BCUT2D eigenvalue weighted by Crippen LogP contribution is -2.23. The Bertz CT molecular complexity index is 916. The summed E-state index contributed by atoms with van der Waals surface area (Å²) in [7, 11) is 0. The Morgan fingerprint density at radius 3 is 2.64 bits per heavy atom. The fraction of sp³-hybridized carbons (Fsp3) is 0.133. The maximum atomic E-state index is 12.8. The van der Waals surface area contributed by atoms with Gasteiger partial charge in [0, 0.05) is 6.20 Å². The normalized spacial score (nSPS) is 11.8. The van der Waals surface area contributed by atoms with Crippen molar-refractivity contribution in [2.45, 2.75) is 13.1 Å². The van der Waals surface area contributed by atoms with E-state index in [0.717, 1.165) is 16.7 Å². The minimum absolute atomic E-state index is 0.121. The van der Waals surface area contributed by atoms with Crippen molar-refractivity contribution in [3.8, 4) is 5.69 Å². The molecular formula is C15H10F3N3O. The van der Waals surface area contributed by atoms with Crippen molar-refractivity contribution in [2.24, 2.45) is 0 Å². The van der Waals surface area contributed by atoms with Gasteiger partial charge in [-0.05, 0) is 37.3 Å². The molecule has 0 aliphatic rings. The number of benzene rings is 1. The van der Waals surface area contributed by atoms with Gasteiger partial charge >= 0.3 is 6.18 Å². The van der Waals surface area contributed by atoms with Gasteiger partial charge in [0.2, 0.25) is 0 Å². The minimum Gasteiger partial charge on any atom is -0.268 e. The van der Waals surface area contributed by atoms with E-state index in [9.17, 15) is 18.0 Å². The lowest BCUT2D eigenvalue weighted by atomic mass is 10.2. The number of hydrogen-bond acceptors (Lipinski definition) is 3. The first kappa shape index (κ1) is 14.2. The Balaban J connectivity index is 2.29. The Hall–Kier alpha value is -2.70. The summed E-state index contributed by atoms with van der Waals surface area (Å²) in [6.45, 7) is 1.55. The quantitative estimate of drug-likeness (QED) is 0.694. The molecule has 0 N–H and O–H groups in total. The average molecular weight is 305 g/mol. The zero-order valence-corrected chi connectivity index (χ0v) is 11.4. The zero-order valence-electron chi connectivity index (χ0n) is 11.4. The van der Waals surface area contributed by atoms with Gasteiger partial charge in [0.05, 0.1) is 16.6 Å². The molecule has 22 heavy (non-hydrogen) atoms. The molecule has 0 bridgehead atoms. The molecule has 3 rings (SSSR count). The number of aromatic nitrogens is 3. The molecule has 3 aromatic rings.